The third-order valence-corrected chi connectivity index (χ3v) is 6.94. The molecule has 6 nitrogen and oxygen atoms in total. The number of carbonyl (C=O) groups excluding carboxylic acids is 3. The minimum atomic E-state index is -0.570. The van der Waals surface area contributed by atoms with Crippen molar-refractivity contribution in [2.24, 2.45) is 0 Å². The van der Waals surface area contributed by atoms with Gasteiger partial charge in [-0.15, -0.1) is 0 Å². The quantitative estimate of drug-likeness (QED) is 0.306. The molecule has 0 spiro atoms. The molecule has 0 bridgehead atoms. The summed E-state index contributed by atoms with van der Waals surface area (Å²) in [6, 6.07) is 11.6. The summed E-state index contributed by atoms with van der Waals surface area (Å²) in [6.07, 6.45) is 4.24. The fourth-order valence-corrected chi connectivity index (χ4v) is 5.01. The smallest absolute Gasteiger partial charge is 0.410 e. The number of Topliss-reactive ketones (excluding diaryl/α,β-unsaturated/α-hetero) is 1. The van der Waals surface area contributed by atoms with Gasteiger partial charge in [-0.25, -0.2) is 4.79 Å². The van der Waals surface area contributed by atoms with Crippen molar-refractivity contribution >= 4 is 35.1 Å². The number of hydrogen-bond donors (Lipinski definition) is 0. The molecule has 192 valence electrons. The van der Waals surface area contributed by atoms with Crippen LogP contribution in [0.25, 0.3) is 0 Å². The molecule has 2 aromatic carbocycles. The molecule has 0 radical (unpaired) electrons. The second kappa shape index (κ2) is 11.0. The fraction of sp³-hybridized carbons (Fsp3) is 0.483. The third-order valence-electron chi connectivity index (χ3n) is 6.69. The van der Waals surface area contributed by atoms with E-state index in [-0.39, 0.29) is 17.8 Å². The Kier molecular flexibility index (Phi) is 8.04. The summed E-state index contributed by atoms with van der Waals surface area (Å²) in [6.45, 7) is 7.37. The summed E-state index contributed by atoms with van der Waals surface area (Å²) in [7, 11) is 0. The number of ketones is 1. The highest BCUT2D eigenvalue weighted by atomic mass is 35.5. The predicted molar refractivity (Wildman–Crippen MR) is 142 cm³/mol. The number of nitrogens with zero attached hydrogens (tertiary/aromatic N) is 2. The van der Waals surface area contributed by atoms with Gasteiger partial charge in [-0.2, -0.15) is 0 Å². The molecule has 2 amide bonds. The van der Waals surface area contributed by atoms with Gasteiger partial charge in [0, 0.05) is 43.1 Å². The molecule has 0 N–H and O–H groups in total. The molecule has 0 aliphatic carbocycles. The number of unbranched alkanes of at least 4 members (excludes halogenated alkanes) is 1. The molecule has 2 heterocycles. The Morgan fingerprint density at radius 1 is 1.00 bits per heavy atom. The van der Waals surface area contributed by atoms with Crippen LogP contribution in [0.5, 0.6) is 0 Å². The molecule has 0 fully saturated rings. The zero-order valence-corrected chi connectivity index (χ0v) is 22.2. The SMILES string of the molecule is CC(C)(C)OC(=O)N(CCCCC(=O)c1cc2c3c(c1)CCN3C(=O)CC2)CCc1ccc(Cl)cc1. The molecule has 0 unspecified atom stereocenters. The number of amides is 2. The number of halogens is 1. The first kappa shape index (κ1) is 26.2. The molecule has 0 saturated carbocycles. The van der Waals surface area contributed by atoms with Crippen LogP contribution in [0.2, 0.25) is 5.02 Å². The largest absolute Gasteiger partial charge is 0.444 e. The van der Waals surface area contributed by atoms with E-state index in [1.807, 2.05) is 62.1 Å². The Bertz CT molecular complexity index is 1140. The fourth-order valence-electron chi connectivity index (χ4n) is 4.89. The molecule has 0 saturated heterocycles. The molecule has 2 aliphatic heterocycles. The number of aryl methyl sites for hydroxylation is 1. The summed E-state index contributed by atoms with van der Waals surface area (Å²) >= 11 is 5.98. The highest BCUT2D eigenvalue weighted by Gasteiger charge is 2.32. The van der Waals surface area contributed by atoms with Gasteiger partial charge in [0.15, 0.2) is 5.78 Å². The molecule has 0 atom stereocenters. The van der Waals surface area contributed by atoms with Crippen molar-refractivity contribution in [2.45, 2.75) is 71.3 Å². The lowest BCUT2D eigenvalue weighted by molar-refractivity contribution is -0.118. The molecule has 0 aromatic heterocycles. The van der Waals surface area contributed by atoms with Crippen molar-refractivity contribution in [1.29, 1.82) is 0 Å². The van der Waals surface area contributed by atoms with Crippen LogP contribution in [0.4, 0.5) is 10.5 Å². The van der Waals surface area contributed by atoms with Crippen LogP contribution >= 0.6 is 11.6 Å². The molecular formula is C29H35ClN2O4. The molecular weight excluding hydrogens is 476 g/mol. The lowest BCUT2D eigenvalue weighted by atomic mass is 9.94. The number of ether oxygens (including phenoxy) is 1. The van der Waals surface area contributed by atoms with E-state index in [9.17, 15) is 14.4 Å². The maximum absolute atomic E-state index is 13.0. The first-order valence-electron chi connectivity index (χ1n) is 12.8. The van der Waals surface area contributed by atoms with E-state index in [0.717, 1.165) is 40.9 Å². The van der Waals surface area contributed by atoms with Gasteiger partial charge in [0.05, 0.1) is 5.69 Å². The van der Waals surface area contributed by atoms with Gasteiger partial charge in [-0.05, 0) is 93.8 Å². The van der Waals surface area contributed by atoms with Gasteiger partial charge >= 0.3 is 6.09 Å². The summed E-state index contributed by atoms with van der Waals surface area (Å²) in [5.41, 5.74) is 4.54. The summed E-state index contributed by atoms with van der Waals surface area (Å²) in [5, 5.41) is 0.686. The maximum Gasteiger partial charge on any atom is 0.410 e. The zero-order chi connectivity index (χ0) is 25.9. The lowest BCUT2D eigenvalue weighted by Gasteiger charge is -2.27. The van der Waals surface area contributed by atoms with E-state index < -0.39 is 5.60 Å². The van der Waals surface area contributed by atoms with Gasteiger partial charge in [0.1, 0.15) is 5.60 Å². The van der Waals surface area contributed by atoms with Crippen molar-refractivity contribution in [2.75, 3.05) is 24.5 Å². The van der Waals surface area contributed by atoms with Crippen molar-refractivity contribution in [3.63, 3.8) is 0 Å². The average Bonchev–Trinajstić information content (AvgIpc) is 3.26. The second-order valence-electron chi connectivity index (χ2n) is 10.7. The van der Waals surface area contributed by atoms with E-state index in [1.165, 1.54) is 0 Å². The van der Waals surface area contributed by atoms with Crippen LogP contribution < -0.4 is 4.90 Å². The Balaban J connectivity index is 1.32. The van der Waals surface area contributed by atoms with E-state index >= 15 is 0 Å². The Labute approximate surface area is 218 Å². The molecule has 4 rings (SSSR count). The lowest BCUT2D eigenvalue weighted by Crippen LogP contribution is -2.38. The normalized spacial score (nSPS) is 14.6. The van der Waals surface area contributed by atoms with E-state index in [0.29, 0.717) is 56.6 Å². The van der Waals surface area contributed by atoms with Crippen LogP contribution in [0.3, 0.4) is 0 Å². The van der Waals surface area contributed by atoms with Crippen LogP contribution in [0.15, 0.2) is 36.4 Å². The van der Waals surface area contributed by atoms with E-state index in [4.69, 9.17) is 16.3 Å². The first-order valence-corrected chi connectivity index (χ1v) is 13.2. The van der Waals surface area contributed by atoms with Crippen LogP contribution in [-0.4, -0.2) is 47.9 Å². The Hall–Kier alpha value is -2.86. The molecule has 36 heavy (non-hydrogen) atoms. The summed E-state index contributed by atoms with van der Waals surface area (Å²) in [4.78, 5) is 41.5. The number of carbonyl (C=O) groups is 3. The van der Waals surface area contributed by atoms with Gasteiger partial charge in [-0.3, -0.25) is 9.59 Å². The zero-order valence-electron chi connectivity index (χ0n) is 21.4. The standard InChI is InChI=1S/C29H35ClN2O4/c1-29(2,3)36-28(35)31(16-13-20-7-10-24(30)11-8-20)15-5-4-6-25(33)23-18-21-9-12-26(34)32-17-14-22(19-23)27(21)32/h7-8,10-11,18-19H,4-6,9,12-17H2,1-3H3. The van der Waals surface area contributed by atoms with Crippen LogP contribution in [-0.2, 0) is 28.8 Å². The minimum absolute atomic E-state index is 0.120. The van der Waals surface area contributed by atoms with Crippen molar-refractivity contribution in [3.05, 3.63) is 63.7 Å². The number of rotatable bonds is 9. The van der Waals surface area contributed by atoms with Crippen LogP contribution in [0.1, 0.15) is 73.5 Å². The summed E-state index contributed by atoms with van der Waals surface area (Å²) in [5.74, 6) is 0.306. The second-order valence-corrected chi connectivity index (χ2v) is 11.1. The number of anilines is 1. The van der Waals surface area contributed by atoms with Crippen LogP contribution in [0, 0.1) is 0 Å². The van der Waals surface area contributed by atoms with Gasteiger partial charge in [0.25, 0.3) is 0 Å². The summed E-state index contributed by atoms with van der Waals surface area (Å²) < 4.78 is 5.62. The first-order chi connectivity index (χ1) is 17.1. The minimum Gasteiger partial charge on any atom is -0.444 e. The van der Waals surface area contributed by atoms with E-state index in [1.54, 1.807) is 4.90 Å². The Morgan fingerprint density at radius 2 is 1.69 bits per heavy atom. The highest BCUT2D eigenvalue weighted by Crippen LogP contribution is 2.37. The average molecular weight is 511 g/mol. The van der Waals surface area contributed by atoms with Crippen molar-refractivity contribution in [3.8, 4) is 0 Å². The predicted octanol–water partition coefficient (Wildman–Crippen LogP) is 6.01. The van der Waals surface area contributed by atoms with Gasteiger partial charge < -0.3 is 14.5 Å². The Morgan fingerprint density at radius 3 is 2.39 bits per heavy atom. The van der Waals surface area contributed by atoms with Crippen molar-refractivity contribution in [1.82, 2.24) is 4.90 Å². The number of benzene rings is 2. The molecule has 2 aliphatic rings. The third kappa shape index (κ3) is 6.47. The number of hydrogen-bond acceptors (Lipinski definition) is 4. The topological polar surface area (TPSA) is 66.9 Å². The molecule has 7 heteroatoms. The molecule has 2 aromatic rings. The maximum atomic E-state index is 13.0. The van der Waals surface area contributed by atoms with Gasteiger partial charge in [-0.1, -0.05) is 23.7 Å². The van der Waals surface area contributed by atoms with Gasteiger partial charge in [0.2, 0.25) is 5.91 Å². The van der Waals surface area contributed by atoms with Crippen molar-refractivity contribution < 1.29 is 19.1 Å². The monoisotopic (exact) mass is 510 g/mol. The highest BCUT2D eigenvalue weighted by molar-refractivity contribution is 6.30. The van der Waals surface area contributed by atoms with E-state index in [2.05, 4.69) is 0 Å².